The van der Waals surface area contributed by atoms with Crippen LogP contribution in [0, 0.1) is 19.8 Å². The Morgan fingerprint density at radius 2 is 1.68 bits per heavy atom. The molecule has 0 bridgehead atoms. The second-order valence-corrected chi connectivity index (χ2v) is 15.1. The number of fused-ring (bicyclic) bond motifs is 1. The summed E-state index contributed by atoms with van der Waals surface area (Å²) in [4.78, 5) is 42.4. The van der Waals surface area contributed by atoms with Crippen LogP contribution in [0.1, 0.15) is 116 Å². The third-order valence-corrected chi connectivity index (χ3v) is 10.9. The number of halogens is 3. The number of nitrogens with zero attached hydrogens (tertiary/aromatic N) is 2. The number of aromatic nitrogens is 1. The first-order valence-corrected chi connectivity index (χ1v) is 18.0. The van der Waals surface area contributed by atoms with Crippen LogP contribution in [-0.2, 0) is 28.6 Å². The van der Waals surface area contributed by atoms with Gasteiger partial charge in [0, 0.05) is 18.3 Å². The van der Waals surface area contributed by atoms with Crippen molar-refractivity contribution in [3.63, 3.8) is 0 Å². The fraction of sp³-hybridized carbons (Fsp3) is 0.525. The molecule has 3 aliphatic rings. The number of aryl methyl sites for hydroxylation is 3. The van der Waals surface area contributed by atoms with Gasteiger partial charge in [0.05, 0.1) is 18.0 Å². The number of carbonyl (C=O) groups excluding carboxylic acids is 1. The monoisotopic (exact) mass is 691 g/mol. The van der Waals surface area contributed by atoms with Gasteiger partial charge in [-0.25, -0.2) is 0 Å². The number of rotatable bonds is 11. The second kappa shape index (κ2) is 14.4. The number of amides is 1. The van der Waals surface area contributed by atoms with Crippen molar-refractivity contribution in [3.8, 4) is 11.1 Å². The molecule has 0 radical (unpaired) electrons. The minimum absolute atomic E-state index is 0.0491. The van der Waals surface area contributed by atoms with Crippen molar-refractivity contribution >= 4 is 11.9 Å². The lowest BCUT2D eigenvalue weighted by Gasteiger charge is -2.34. The van der Waals surface area contributed by atoms with E-state index in [1.807, 2.05) is 32.0 Å². The Morgan fingerprint density at radius 1 is 1.00 bits per heavy atom. The maximum atomic E-state index is 14.4. The van der Waals surface area contributed by atoms with E-state index in [0.717, 1.165) is 64.5 Å². The topological polar surface area (TPSA) is 91.6 Å². The zero-order valence-electron chi connectivity index (χ0n) is 29.4. The van der Waals surface area contributed by atoms with Gasteiger partial charge in [-0.15, -0.1) is 0 Å². The molecule has 1 aliphatic heterocycles. The summed E-state index contributed by atoms with van der Waals surface area (Å²) in [6, 6.07) is 9.21. The van der Waals surface area contributed by atoms with Gasteiger partial charge in [-0.1, -0.05) is 38.1 Å². The van der Waals surface area contributed by atoms with E-state index in [2.05, 4.69) is 36.2 Å². The van der Waals surface area contributed by atoms with Gasteiger partial charge >= 0.3 is 12.1 Å². The fourth-order valence-corrected chi connectivity index (χ4v) is 8.28. The zero-order chi connectivity index (χ0) is 35.9. The molecule has 268 valence electrons. The Bertz CT molecular complexity index is 1800. The predicted molar refractivity (Wildman–Crippen MR) is 187 cm³/mol. The van der Waals surface area contributed by atoms with Crippen LogP contribution in [0.25, 0.3) is 11.1 Å². The van der Waals surface area contributed by atoms with Gasteiger partial charge in [-0.3, -0.25) is 14.4 Å². The van der Waals surface area contributed by atoms with E-state index < -0.39 is 53.6 Å². The van der Waals surface area contributed by atoms with Crippen LogP contribution >= 0.6 is 0 Å². The SMILES string of the molecule is Cc1cccc(C)c1-c1cc([C@@H](CC(=O)O)NC(=O)[C@H](CC(C)C)n2cc(C3CCN(C4CC4)CC3)c(C(F)(F)F)cc2=O)cc2c1CCC2. The highest BCUT2D eigenvalue weighted by atomic mass is 19.4. The van der Waals surface area contributed by atoms with Crippen LogP contribution in [0.15, 0.2) is 47.4 Å². The Labute approximate surface area is 291 Å². The number of pyridine rings is 1. The molecule has 50 heavy (non-hydrogen) atoms. The molecule has 2 atom stereocenters. The first-order chi connectivity index (χ1) is 23.7. The molecule has 10 heteroatoms. The van der Waals surface area contributed by atoms with Crippen LogP contribution in [0.5, 0.6) is 0 Å². The molecule has 2 heterocycles. The van der Waals surface area contributed by atoms with Gasteiger partial charge in [0.25, 0.3) is 5.56 Å². The van der Waals surface area contributed by atoms with Crippen molar-refractivity contribution < 1.29 is 27.9 Å². The van der Waals surface area contributed by atoms with Crippen molar-refractivity contribution in [1.29, 1.82) is 0 Å². The average Bonchev–Trinajstić information content (AvgIpc) is 3.79. The number of nitrogens with one attached hydrogen (secondary N) is 1. The summed E-state index contributed by atoms with van der Waals surface area (Å²) in [7, 11) is 0. The summed E-state index contributed by atoms with van der Waals surface area (Å²) < 4.78 is 44.3. The average molecular weight is 692 g/mol. The minimum Gasteiger partial charge on any atom is -0.481 e. The van der Waals surface area contributed by atoms with Gasteiger partial charge in [0.1, 0.15) is 6.04 Å². The van der Waals surface area contributed by atoms with Crippen molar-refractivity contribution in [3.05, 3.63) is 91.9 Å². The molecule has 7 nitrogen and oxygen atoms in total. The molecule has 2 aromatic carbocycles. The highest BCUT2D eigenvalue weighted by Crippen LogP contribution is 2.41. The first-order valence-electron chi connectivity index (χ1n) is 18.0. The first kappa shape index (κ1) is 35.9. The molecule has 1 aromatic heterocycles. The third-order valence-electron chi connectivity index (χ3n) is 10.9. The molecule has 0 spiro atoms. The summed E-state index contributed by atoms with van der Waals surface area (Å²) in [5.41, 5.74) is 5.55. The van der Waals surface area contributed by atoms with Gasteiger partial charge in [-0.05, 0) is 141 Å². The van der Waals surface area contributed by atoms with E-state index >= 15 is 0 Å². The van der Waals surface area contributed by atoms with Gasteiger partial charge in [-0.2, -0.15) is 13.2 Å². The number of benzene rings is 2. The number of hydrogen-bond donors (Lipinski definition) is 2. The smallest absolute Gasteiger partial charge is 0.416 e. The maximum Gasteiger partial charge on any atom is 0.416 e. The number of alkyl halides is 3. The number of carboxylic acids is 1. The molecule has 0 unspecified atom stereocenters. The highest BCUT2D eigenvalue weighted by molar-refractivity contribution is 5.82. The normalized spacial score (nSPS) is 18.2. The van der Waals surface area contributed by atoms with Crippen LogP contribution in [0.4, 0.5) is 13.2 Å². The lowest BCUT2D eigenvalue weighted by Crippen LogP contribution is -2.41. The molecule has 3 aromatic rings. The van der Waals surface area contributed by atoms with E-state index in [9.17, 15) is 32.7 Å². The van der Waals surface area contributed by atoms with E-state index in [1.165, 1.54) is 11.8 Å². The fourth-order valence-electron chi connectivity index (χ4n) is 8.28. The Kier molecular flexibility index (Phi) is 10.3. The summed E-state index contributed by atoms with van der Waals surface area (Å²) in [5.74, 6) is -2.17. The minimum atomic E-state index is -4.72. The van der Waals surface area contributed by atoms with E-state index in [4.69, 9.17) is 0 Å². The summed E-state index contributed by atoms with van der Waals surface area (Å²) in [5, 5.41) is 13.0. The molecule has 6 rings (SSSR count). The molecule has 2 fully saturated rings. The van der Waals surface area contributed by atoms with Gasteiger partial charge < -0.3 is 19.9 Å². The standard InChI is InChI=1S/C40H48F3N3O4/c1-23(2)17-35(46-22-32(33(20-36(46)47)40(41,42)43)26-13-15-45(16-14-26)29-11-12-29)39(50)44-34(21-37(48)49)28-18-27-9-6-10-30(27)31(19-28)38-24(3)7-5-8-25(38)4/h5,7-8,18-20,22-23,26,29,34-35H,6,9-17,21H2,1-4H3,(H,44,50)(H,48,49)/t34-,35+/m1/s1. The van der Waals surface area contributed by atoms with Crippen molar-refractivity contribution in [1.82, 2.24) is 14.8 Å². The van der Waals surface area contributed by atoms with Crippen LogP contribution in [-0.4, -0.2) is 45.6 Å². The number of carboxylic acid groups (broad SMARTS) is 1. The quantitative estimate of drug-likeness (QED) is 0.213. The maximum absolute atomic E-state index is 14.4. The van der Waals surface area contributed by atoms with Crippen molar-refractivity contribution in [2.75, 3.05) is 13.1 Å². The molecule has 1 amide bonds. The lowest BCUT2D eigenvalue weighted by atomic mass is 9.86. The Hall–Kier alpha value is -3.92. The van der Waals surface area contributed by atoms with Crippen LogP contribution < -0.4 is 10.9 Å². The predicted octanol–water partition coefficient (Wildman–Crippen LogP) is 7.90. The van der Waals surface area contributed by atoms with Gasteiger partial charge in [0.15, 0.2) is 0 Å². The van der Waals surface area contributed by atoms with E-state index in [1.54, 1.807) is 0 Å². The molecule has 2 N–H and O–H groups in total. The number of hydrogen-bond acceptors (Lipinski definition) is 4. The summed E-state index contributed by atoms with van der Waals surface area (Å²) >= 11 is 0. The summed E-state index contributed by atoms with van der Waals surface area (Å²) in [6.45, 7) is 9.27. The largest absolute Gasteiger partial charge is 0.481 e. The van der Waals surface area contributed by atoms with Crippen LogP contribution in [0.3, 0.4) is 0 Å². The Balaban J connectivity index is 1.37. The summed E-state index contributed by atoms with van der Waals surface area (Å²) in [6.07, 6.45) is 2.40. The molecule has 1 saturated heterocycles. The molecule has 2 aliphatic carbocycles. The Morgan fingerprint density at radius 3 is 2.28 bits per heavy atom. The van der Waals surface area contributed by atoms with E-state index in [0.29, 0.717) is 43.6 Å². The third kappa shape index (κ3) is 7.70. The molecular weight excluding hydrogens is 643 g/mol. The number of carbonyl (C=O) groups is 2. The molecular formula is C40H48F3N3O4. The molecule has 1 saturated carbocycles. The highest BCUT2D eigenvalue weighted by Gasteiger charge is 2.40. The number of piperidine rings is 1. The van der Waals surface area contributed by atoms with Gasteiger partial charge in [0.2, 0.25) is 5.91 Å². The van der Waals surface area contributed by atoms with Crippen molar-refractivity contribution in [2.24, 2.45) is 5.92 Å². The second-order valence-electron chi connectivity index (χ2n) is 15.1. The van der Waals surface area contributed by atoms with Crippen LogP contribution in [0.2, 0.25) is 0 Å². The van der Waals surface area contributed by atoms with Crippen molar-refractivity contribution in [2.45, 2.75) is 116 Å². The number of likely N-dealkylation sites (tertiary alicyclic amines) is 1. The zero-order valence-corrected chi connectivity index (χ0v) is 29.4. The van der Waals surface area contributed by atoms with E-state index in [-0.39, 0.29) is 17.9 Å². The lowest BCUT2D eigenvalue weighted by molar-refractivity contribution is -0.139. The number of aliphatic carboxylic acids is 1.